The highest BCUT2D eigenvalue weighted by molar-refractivity contribution is 9.10. The molecule has 0 radical (unpaired) electrons. The van der Waals surface area contributed by atoms with E-state index in [1.54, 1.807) is 0 Å². The summed E-state index contributed by atoms with van der Waals surface area (Å²) in [6, 6.07) is 5.84. The molecule has 0 amide bonds. The van der Waals surface area contributed by atoms with Gasteiger partial charge in [0.25, 0.3) is 0 Å². The highest BCUT2D eigenvalue weighted by Gasteiger charge is 2.43. The van der Waals surface area contributed by atoms with Gasteiger partial charge >= 0.3 is 0 Å². The first-order chi connectivity index (χ1) is 7.59. The Kier molecular flexibility index (Phi) is 3.17. The average molecular weight is 282 g/mol. The lowest BCUT2D eigenvalue weighted by molar-refractivity contribution is 0.0635. The van der Waals surface area contributed by atoms with Crippen LogP contribution in [-0.4, -0.2) is 12.3 Å². The van der Waals surface area contributed by atoms with Crippen molar-refractivity contribution in [3.05, 3.63) is 33.8 Å². The molecule has 2 nitrogen and oxygen atoms in total. The second-order valence-electron chi connectivity index (χ2n) is 4.63. The predicted molar refractivity (Wildman–Crippen MR) is 68.5 cm³/mol. The lowest BCUT2D eigenvalue weighted by atomic mass is 9.64. The van der Waals surface area contributed by atoms with E-state index in [1.807, 2.05) is 25.1 Å². The van der Waals surface area contributed by atoms with E-state index in [0.29, 0.717) is 6.54 Å². The Morgan fingerprint density at radius 3 is 2.69 bits per heavy atom. The molecule has 1 aliphatic rings. The Bertz CT molecular complexity index is 418. The maximum Gasteiger partial charge on any atom is 0.170 e. The maximum absolute atomic E-state index is 12.5. The van der Waals surface area contributed by atoms with Gasteiger partial charge < -0.3 is 5.73 Å². The number of carbonyl (C=O) groups is 1. The van der Waals surface area contributed by atoms with Crippen LogP contribution in [0.3, 0.4) is 0 Å². The molecule has 1 aliphatic carbocycles. The molecule has 0 atom stereocenters. The summed E-state index contributed by atoms with van der Waals surface area (Å²) in [6.07, 6.45) is 3.00. The SMILES string of the molecule is Cc1ccc(Br)cc1C(=O)C1(CN)CCC1. The van der Waals surface area contributed by atoms with E-state index >= 15 is 0 Å². The van der Waals surface area contributed by atoms with Gasteiger partial charge in [0.05, 0.1) is 0 Å². The highest BCUT2D eigenvalue weighted by Crippen LogP contribution is 2.43. The third-order valence-electron chi connectivity index (χ3n) is 3.63. The van der Waals surface area contributed by atoms with E-state index in [0.717, 1.165) is 34.9 Å². The number of rotatable bonds is 3. The van der Waals surface area contributed by atoms with Gasteiger partial charge in [-0.1, -0.05) is 28.4 Å². The van der Waals surface area contributed by atoms with Gasteiger partial charge in [-0.05, 0) is 37.5 Å². The van der Waals surface area contributed by atoms with Gasteiger partial charge in [0.2, 0.25) is 0 Å². The molecule has 0 aromatic heterocycles. The third kappa shape index (κ3) is 1.82. The standard InChI is InChI=1S/C13H16BrNO/c1-9-3-4-10(14)7-11(9)12(16)13(8-15)5-2-6-13/h3-4,7H,2,5-6,8,15H2,1H3. The maximum atomic E-state index is 12.5. The molecular weight excluding hydrogens is 266 g/mol. The molecule has 3 heteroatoms. The molecule has 2 N–H and O–H groups in total. The topological polar surface area (TPSA) is 43.1 Å². The molecule has 1 fully saturated rings. The minimum absolute atomic E-state index is 0.222. The van der Waals surface area contributed by atoms with Crippen molar-refractivity contribution in [2.45, 2.75) is 26.2 Å². The van der Waals surface area contributed by atoms with Crippen LogP contribution >= 0.6 is 15.9 Å². The van der Waals surface area contributed by atoms with Gasteiger partial charge in [0.1, 0.15) is 0 Å². The van der Waals surface area contributed by atoms with Crippen molar-refractivity contribution in [3.63, 3.8) is 0 Å². The summed E-state index contributed by atoms with van der Waals surface area (Å²) < 4.78 is 0.952. The number of nitrogens with two attached hydrogens (primary N) is 1. The van der Waals surface area contributed by atoms with Crippen molar-refractivity contribution >= 4 is 21.7 Å². The first-order valence-electron chi connectivity index (χ1n) is 5.60. The smallest absolute Gasteiger partial charge is 0.170 e. The Morgan fingerprint density at radius 2 is 2.19 bits per heavy atom. The fourth-order valence-corrected chi connectivity index (χ4v) is 2.61. The number of carbonyl (C=O) groups excluding carboxylic acids is 1. The van der Waals surface area contributed by atoms with Crippen LogP contribution in [0.15, 0.2) is 22.7 Å². The largest absolute Gasteiger partial charge is 0.329 e. The van der Waals surface area contributed by atoms with Crippen molar-refractivity contribution in [1.29, 1.82) is 0 Å². The Morgan fingerprint density at radius 1 is 1.50 bits per heavy atom. The summed E-state index contributed by atoms with van der Waals surface area (Å²) in [5.41, 5.74) is 7.34. The summed E-state index contributed by atoms with van der Waals surface area (Å²) in [4.78, 5) is 12.5. The minimum atomic E-state index is -0.272. The van der Waals surface area contributed by atoms with Crippen molar-refractivity contribution < 1.29 is 4.79 Å². The molecule has 1 aromatic carbocycles. The molecule has 0 unspecified atom stereocenters. The highest BCUT2D eigenvalue weighted by atomic mass is 79.9. The first kappa shape index (κ1) is 11.8. The summed E-state index contributed by atoms with van der Waals surface area (Å²) in [5, 5.41) is 0. The van der Waals surface area contributed by atoms with Crippen molar-refractivity contribution in [1.82, 2.24) is 0 Å². The first-order valence-corrected chi connectivity index (χ1v) is 6.39. The van der Waals surface area contributed by atoms with E-state index < -0.39 is 0 Å². The average Bonchev–Trinajstić information content (AvgIpc) is 2.21. The van der Waals surface area contributed by atoms with Crippen molar-refractivity contribution in [3.8, 4) is 0 Å². The van der Waals surface area contributed by atoms with Gasteiger partial charge in [0.15, 0.2) is 5.78 Å². The summed E-state index contributed by atoms with van der Waals surface area (Å²) in [7, 11) is 0. The van der Waals surface area contributed by atoms with Crippen LogP contribution in [0, 0.1) is 12.3 Å². The van der Waals surface area contributed by atoms with Crippen molar-refractivity contribution in [2.24, 2.45) is 11.1 Å². The second-order valence-corrected chi connectivity index (χ2v) is 5.54. The van der Waals surface area contributed by atoms with Gasteiger partial charge in [-0.2, -0.15) is 0 Å². The molecule has 0 heterocycles. The molecule has 1 saturated carbocycles. The number of benzene rings is 1. The molecule has 2 rings (SSSR count). The van der Waals surface area contributed by atoms with E-state index in [-0.39, 0.29) is 11.2 Å². The summed E-state index contributed by atoms with van der Waals surface area (Å²) in [6.45, 7) is 2.44. The zero-order valence-corrected chi connectivity index (χ0v) is 11.0. The number of aryl methyl sites for hydroxylation is 1. The molecule has 0 saturated heterocycles. The molecule has 86 valence electrons. The number of Topliss-reactive ketones (excluding diaryl/α,β-unsaturated/α-hetero) is 1. The fourth-order valence-electron chi connectivity index (χ4n) is 2.25. The second kappa shape index (κ2) is 4.30. The van der Waals surface area contributed by atoms with E-state index in [4.69, 9.17) is 5.73 Å². The molecule has 16 heavy (non-hydrogen) atoms. The van der Waals surface area contributed by atoms with Crippen LogP contribution in [0.25, 0.3) is 0 Å². The molecule has 0 bridgehead atoms. The number of hydrogen-bond acceptors (Lipinski definition) is 2. The van der Waals surface area contributed by atoms with Gasteiger partial charge in [0, 0.05) is 22.0 Å². The van der Waals surface area contributed by atoms with Gasteiger partial charge in [-0.25, -0.2) is 0 Å². The molecule has 1 aromatic rings. The van der Waals surface area contributed by atoms with Crippen LogP contribution in [0.1, 0.15) is 35.2 Å². The molecule has 0 spiro atoms. The predicted octanol–water partition coefficient (Wildman–Crippen LogP) is 3.07. The quantitative estimate of drug-likeness (QED) is 0.866. The lowest BCUT2D eigenvalue weighted by Gasteiger charge is -2.39. The van der Waals surface area contributed by atoms with Crippen LogP contribution in [0.5, 0.6) is 0 Å². The normalized spacial score (nSPS) is 17.9. The summed E-state index contributed by atoms with van der Waals surface area (Å²) in [5.74, 6) is 0.222. The minimum Gasteiger partial charge on any atom is -0.329 e. The van der Waals surface area contributed by atoms with Crippen LogP contribution in [0.2, 0.25) is 0 Å². The Hall–Kier alpha value is -0.670. The Balaban J connectivity index is 2.37. The zero-order chi connectivity index (χ0) is 11.8. The van der Waals surface area contributed by atoms with E-state index in [9.17, 15) is 4.79 Å². The van der Waals surface area contributed by atoms with Crippen LogP contribution in [0.4, 0.5) is 0 Å². The fraction of sp³-hybridized carbons (Fsp3) is 0.462. The Labute approximate surface area is 104 Å². The molecule has 0 aliphatic heterocycles. The van der Waals surface area contributed by atoms with Crippen LogP contribution in [-0.2, 0) is 0 Å². The molecular formula is C13H16BrNO. The van der Waals surface area contributed by atoms with E-state index in [2.05, 4.69) is 15.9 Å². The van der Waals surface area contributed by atoms with E-state index in [1.165, 1.54) is 0 Å². The van der Waals surface area contributed by atoms with Gasteiger partial charge in [-0.3, -0.25) is 4.79 Å². The third-order valence-corrected chi connectivity index (χ3v) is 4.12. The zero-order valence-electron chi connectivity index (χ0n) is 9.42. The summed E-state index contributed by atoms with van der Waals surface area (Å²) >= 11 is 3.41. The monoisotopic (exact) mass is 281 g/mol. The lowest BCUT2D eigenvalue weighted by Crippen LogP contribution is -2.44. The van der Waals surface area contributed by atoms with Gasteiger partial charge in [-0.15, -0.1) is 0 Å². The number of ketones is 1. The van der Waals surface area contributed by atoms with Crippen molar-refractivity contribution in [2.75, 3.05) is 6.54 Å². The van der Waals surface area contributed by atoms with Crippen LogP contribution < -0.4 is 5.73 Å². The number of hydrogen-bond donors (Lipinski definition) is 1. The number of halogens is 1.